The van der Waals surface area contributed by atoms with Crippen LogP contribution in [0.2, 0.25) is 0 Å². The zero-order valence-corrected chi connectivity index (χ0v) is 16.3. The number of fused-ring (bicyclic) bond motifs is 3. The maximum absolute atomic E-state index is 9.13. The van der Waals surface area contributed by atoms with Crippen LogP contribution < -0.4 is 10.4 Å². The lowest BCUT2D eigenvalue weighted by atomic mass is 10.1. The SMILES string of the molecule is CC1=C(C)SC(=c2ccc3c4ccc(=C(C#N)C#N)cc4n(C)c3c2)S1. The van der Waals surface area contributed by atoms with Crippen LogP contribution in [0.15, 0.2) is 46.2 Å². The molecule has 5 heteroatoms. The monoisotopic (exact) mass is 373 g/mol. The summed E-state index contributed by atoms with van der Waals surface area (Å²) in [7, 11) is 2.03. The molecule has 3 aromatic rings. The minimum atomic E-state index is 0.143. The van der Waals surface area contributed by atoms with E-state index in [2.05, 4.69) is 36.6 Å². The molecule has 1 aromatic heterocycles. The Morgan fingerprint density at radius 2 is 1.46 bits per heavy atom. The Labute approximate surface area is 159 Å². The maximum Gasteiger partial charge on any atom is 0.136 e. The number of aryl methyl sites for hydroxylation is 1. The molecule has 0 unspecified atom stereocenters. The van der Waals surface area contributed by atoms with Crippen molar-refractivity contribution in [3.05, 3.63) is 56.6 Å². The third-order valence-electron chi connectivity index (χ3n) is 4.74. The summed E-state index contributed by atoms with van der Waals surface area (Å²) in [5.74, 6) is 0. The van der Waals surface area contributed by atoms with Crippen molar-refractivity contribution < 1.29 is 0 Å². The van der Waals surface area contributed by atoms with E-state index in [0.29, 0.717) is 5.22 Å². The fourth-order valence-electron chi connectivity index (χ4n) is 3.20. The summed E-state index contributed by atoms with van der Waals surface area (Å²) in [6, 6.07) is 16.3. The summed E-state index contributed by atoms with van der Waals surface area (Å²) in [5.41, 5.74) is 2.32. The lowest BCUT2D eigenvalue weighted by molar-refractivity contribution is 1.01. The van der Waals surface area contributed by atoms with Gasteiger partial charge < -0.3 is 4.57 Å². The van der Waals surface area contributed by atoms with Crippen LogP contribution >= 0.6 is 23.5 Å². The molecule has 0 fully saturated rings. The molecule has 1 aliphatic heterocycles. The van der Waals surface area contributed by atoms with Crippen molar-refractivity contribution in [2.24, 2.45) is 7.05 Å². The van der Waals surface area contributed by atoms with Crippen molar-refractivity contribution >= 4 is 55.1 Å². The van der Waals surface area contributed by atoms with E-state index in [-0.39, 0.29) is 5.57 Å². The van der Waals surface area contributed by atoms with Crippen LogP contribution in [-0.4, -0.2) is 4.57 Å². The molecule has 4 rings (SSSR count). The van der Waals surface area contributed by atoms with Gasteiger partial charge in [0.15, 0.2) is 0 Å². The number of nitrogens with zero attached hydrogens (tertiary/aromatic N) is 3. The van der Waals surface area contributed by atoms with E-state index in [0.717, 1.165) is 16.4 Å². The number of allylic oxidation sites excluding steroid dienone is 2. The maximum atomic E-state index is 9.13. The summed E-state index contributed by atoms with van der Waals surface area (Å²) < 4.78 is 3.46. The molecule has 2 heterocycles. The molecule has 3 nitrogen and oxygen atoms in total. The average Bonchev–Trinajstić information content (AvgIpc) is 3.13. The zero-order chi connectivity index (χ0) is 18.4. The molecule has 26 heavy (non-hydrogen) atoms. The smallest absolute Gasteiger partial charge is 0.136 e. The van der Waals surface area contributed by atoms with Crippen LogP contribution in [-0.2, 0) is 7.05 Å². The van der Waals surface area contributed by atoms with Crippen molar-refractivity contribution in [1.29, 1.82) is 10.5 Å². The standard InChI is InChI=1S/C21H15N3S2/c1-12-13(2)26-21(25-12)15-5-7-18-17-6-4-14(16(10-22)11-23)8-19(17)24(3)20(18)9-15/h4-9H,1-3H3. The van der Waals surface area contributed by atoms with E-state index < -0.39 is 0 Å². The predicted octanol–water partition coefficient (Wildman–Crippen LogP) is 4.33. The number of thioether (sulfide) groups is 2. The van der Waals surface area contributed by atoms with Crippen LogP contribution in [0.1, 0.15) is 13.8 Å². The van der Waals surface area contributed by atoms with Gasteiger partial charge in [-0.3, -0.25) is 0 Å². The van der Waals surface area contributed by atoms with Gasteiger partial charge in [-0.05, 0) is 41.0 Å². The molecule has 0 radical (unpaired) electrons. The average molecular weight is 374 g/mol. The van der Waals surface area contributed by atoms with E-state index in [1.165, 1.54) is 24.7 Å². The molecule has 0 N–H and O–H groups in total. The Balaban J connectivity index is 2.02. The highest BCUT2D eigenvalue weighted by atomic mass is 32.2. The second-order valence-corrected chi connectivity index (χ2v) is 8.93. The number of aromatic nitrogens is 1. The van der Waals surface area contributed by atoms with Crippen LogP contribution in [0, 0.1) is 22.7 Å². The van der Waals surface area contributed by atoms with E-state index in [1.807, 2.05) is 60.9 Å². The van der Waals surface area contributed by atoms with Crippen LogP contribution in [0.25, 0.3) is 31.6 Å². The highest BCUT2D eigenvalue weighted by molar-refractivity contribution is 8.35. The van der Waals surface area contributed by atoms with Crippen molar-refractivity contribution in [3.8, 4) is 12.1 Å². The summed E-state index contributed by atoms with van der Waals surface area (Å²) in [4.78, 5) is 2.73. The highest BCUT2D eigenvalue weighted by Gasteiger charge is 2.15. The quantitative estimate of drug-likeness (QED) is 0.589. The fraction of sp³-hybridized carbons (Fsp3) is 0.143. The van der Waals surface area contributed by atoms with E-state index >= 15 is 0 Å². The highest BCUT2D eigenvalue weighted by Crippen LogP contribution is 2.49. The predicted molar refractivity (Wildman–Crippen MR) is 111 cm³/mol. The first-order valence-electron chi connectivity index (χ1n) is 8.13. The lowest BCUT2D eigenvalue weighted by Crippen LogP contribution is -2.04. The summed E-state index contributed by atoms with van der Waals surface area (Å²) >= 11 is 3.67. The largest absolute Gasteiger partial charge is 0.344 e. The van der Waals surface area contributed by atoms with Crippen molar-refractivity contribution in [1.82, 2.24) is 4.57 Å². The third kappa shape index (κ3) is 2.52. The molecule has 1 aliphatic rings. The second-order valence-electron chi connectivity index (χ2n) is 6.23. The van der Waals surface area contributed by atoms with Gasteiger partial charge in [-0.15, -0.1) is 0 Å². The van der Waals surface area contributed by atoms with Gasteiger partial charge in [0.25, 0.3) is 0 Å². The number of benzene rings is 2. The van der Waals surface area contributed by atoms with Gasteiger partial charge >= 0.3 is 0 Å². The molecule has 2 aromatic carbocycles. The summed E-state index contributed by atoms with van der Waals surface area (Å²) in [6.45, 7) is 4.32. The lowest BCUT2D eigenvalue weighted by Gasteiger charge is -2.00. The summed E-state index contributed by atoms with van der Waals surface area (Å²) in [6.07, 6.45) is 0. The van der Waals surface area contributed by atoms with Crippen molar-refractivity contribution in [3.63, 3.8) is 0 Å². The van der Waals surface area contributed by atoms with Gasteiger partial charge in [0, 0.05) is 34.1 Å². The molecule has 0 aliphatic carbocycles. The molecule has 0 atom stereocenters. The molecule has 0 spiro atoms. The Morgan fingerprint density at radius 1 is 0.885 bits per heavy atom. The van der Waals surface area contributed by atoms with Crippen molar-refractivity contribution in [2.45, 2.75) is 13.8 Å². The molecule has 0 bridgehead atoms. The Morgan fingerprint density at radius 3 is 2.08 bits per heavy atom. The van der Waals surface area contributed by atoms with Gasteiger partial charge in [-0.1, -0.05) is 47.8 Å². The molecule has 126 valence electrons. The molecule has 0 amide bonds. The third-order valence-corrected chi connectivity index (χ3v) is 7.44. The van der Waals surface area contributed by atoms with Crippen LogP contribution in [0.5, 0.6) is 0 Å². The molecular weight excluding hydrogens is 358 g/mol. The zero-order valence-electron chi connectivity index (χ0n) is 14.6. The minimum absolute atomic E-state index is 0.143. The van der Waals surface area contributed by atoms with Gasteiger partial charge in [-0.2, -0.15) is 10.5 Å². The van der Waals surface area contributed by atoms with Crippen LogP contribution in [0.4, 0.5) is 0 Å². The Kier molecular flexibility index (Phi) is 4.07. The van der Waals surface area contributed by atoms with Gasteiger partial charge in [0.2, 0.25) is 0 Å². The topological polar surface area (TPSA) is 52.5 Å². The van der Waals surface area contributed by atoms with Gasteiger partial charge in [0.05, 0.1) is 4.24 Å². The number of hydrogen-bond donors (Lipinski definition) is 0. The minimum Gasteiger partial charge on any atom is -0.344 e. The van der Waals surface area contributed by atoms with Gasteiger partial charge in [-0.25, -0.2) is 0 Å². The Bertz CT molecular complexity index is 1300. The molecule has 0 saturated carbocycles. The normalized spacial score (nSPS) is 14.1. The number of nitriles is 2. The molecule has 0 saturated heterocycles. The van der Waals surface area contributed by atoms with Crippen molar-refractivity contribution in [2.75, 3.05) is 0 Å². The Hall–Kier alpha value is -2.60. The number of hydrogen-bond acceptors (Lipinski definition) is 4. The van der Waals surface area contributed by atoms with E-state index in [9.17, 15) is 0 Å². The second kappa shape index (κ2) is 6.29. The molecular formula is C21H15N3S2. The van der Waals surface area contributed by atoms with Gasteiger partial charge in [0.1, 0.15) is 17.7 Å². The fourth-order valence-corrected chi connectivity index (χ4v) is 5.70. The first kappa shape index (κ1) is 16.8. The summed E-state index contributed by atoms with van der Waals surface area (Å²) in [5, 5.41) is 22.5. The first-order chi connectivity index (χ1) is 12.5. The van der Waals surface area contributed by atoms with E-state index in [1.54, 1.807) is 0 Å². The first-order valence-corrected chi connectivity index (χ1v) is 9.77. The van der Waals surface area contributed by atoms with E-state index in [4.69, 9.17) is 10.5 Å². The van der Waals surface area contributed by atoms with Crippen LogP contribution in [0.3, 0.4) is 0 Å². The number of rotatable bonds is 0.